The maximum atomic E-state index is 13.1. The largest absolute Gasteiger partial charge is 0.353 e. The predicted molar refractivity (Wildman–Crippen MR) is 133 cm³/mol. The van der Waals surface area contributed by atoms with Crippen LogP contribution in [0.3, 0.4) is 0 Å². The van der Waals surface area contributed by atoms with E-state index in [9.17, 15) is 18.4 Å². The summed E-state index contributed by atoms with van der Waals surface area (Å²) in [6, 6.07) is 10.6. The molecule has 190 valence electrons. The van der Waals surface area contributed by atoms with Crippen molar-refractivity contribution in [1.29, 1.82) is 0 Å². The number of hydroxylamine groups is 2. The van der Waals surface area contributed by atoms with Gasteiger partial charge in [0.2, 0.25) is 16.4 Å². The third-order valence-electron chi connectivity index (χ3n) is 6.11. The molecule has 3 heterocycles. The number of aryl methyl sites for hydroxylation is 1. The molecule has 4 rings (SSSR count). The Morgan fingerprint density at radius 2 is 1.69 bits per heavy atom. The second kappa shape index (κ2) is 12.0. The van der Waals surface area contributed by atoms with Crippen LogP contribution in [0.15, 0.2) is 61.2 Å². The molecule has 11 nitrogen and oxygen atoms in total. The molecule has 1 aliphatic rings. The van der Waals surface area contributed by atoms with Gasteiger partial charge < -0.3 is 4.90 Å². The molecular formula is C24H29N7O4S. The van der Waals surface area contributed by atoms with E-state index in [1.165, 1.54) is 4.31 Å². The lowest BCUT2D eigenvalue weighted by atomic mass is 10.1. The fourth-order valence-corrected chi connectivity index (χ4v) is 5.86. The highest BCUT2D eigenvalue weighted by Gasteiger charge is 2.31. The van der Waals surface area contributed by atoms with Crippen LogP contribution in [0, 0.1) is 0 Å². The summed E-state index contributed by atoms with van der Waals surface area (Å²) in [5.74, 6) is 0.963. The Kier molecular flexibility index (Phi) is 8.52. The average Bonchev–Trinajstić information content (AvgIpc) is 2.93. The van der Waals surface area contributed by atoms with E-state index in [4.69, 9.17) is 0 Å². The van der Waals surface area contributed by atoms with Crippen LogP contribution in [0.25, 0.3) is 11.3 Å². The highest BCUT2D eigenvalue weighted by molar-refractivity contribution is 7.89. The van der Waals surface area contributed by atoms with E-state index in [1.54, 1.807) is 30.9 Å². The van der Waals surface area contributed by atoms with Crippen molar-refractivity contribution in [2.45, 2.75) is 25.3 Å². The number of sulfonamides is 1. The minimum atomic E-state index is -3.70. The van der Waals surface area contributed by atoms with Crippen LogP contribution >= 0.6 is 0 Å². The van der Waals surface area contributed by atoms with Crippen molar-refractivity contribution < 1.29 is 18.4 Å². The van der Waals surface area contributed by atoms with Crippen molar-refractivity contribution >= 4 is 22.3 Å². The number of hydrogen-bond donors (Lipinski definition) is 1. The minimum Gasteiger partial charge on any atom is -0.353 e. The number of amides is 1. The van der Waals surface area contributed by atoms with Gasteiger partial charge in [-0.2, -0.15) is 4.31 Å². The number of hydrogen-bond acceptors (Lipinski definition) is 9. The molecule has 0 radical (unpaired) electrons. The molecular weight excluding hydrogens is 482 g/mol. The molecule has 2 aromatic heterocycles. The molecule has 1 unspecified atom stereocenters. The molecule has 1 atom stereocenters. The monoisotopic (exact) mass is 511 g/mol. The van der Waals surface area contributed by atoms with Gasteiger partial charge in [-0.25, -0.2) is 28.4 Å². The summed E-state index contributed by atoms with van der Waals surface area (Å²) in [5.41, 5.74) is 1.75. The fraction of sp³-hybridized carbons (Fsp3) is 0.375. The van der Waals surface area contributed by atoms with Crippen molar-refractivity contribution in [3.8, 4) is 11.3 Å². The summed E-state index contributed by atoms with van der Waals surface area (Å²) >= 11 is 0. The van der Waals surface area contributed by atoms with Crippen LogP contribution in [-0.4, -0.2) is 87.3 Å². The Balaban J connectivity index is 1.32. The summed E-state index contributed by atoms with van der Waals surface area (Å²) < 4.78 is 27.6. The van der Waals surface area contributed by atoms with Crippen LogP contribution in [0.5, 0.6) is 0 Å². The molecule has 0 aliphatic carbocycles. The van der Waals surface area contributed by atoms with Crippen LogP contribution in [0.1, 0.15) is 18.7 Å². The first kappa shape index (κ1) is 25.6. The molecule has 1 N–H and O–H groups in total. The molecule has 3 aromatic rings. The number of nitrogens with zero attached hydrogens (tertiary/aromatic N) is 7. The maximum absolute atomic E-state index is 13.1. The van der Waals surface area contributed by atoms with Gasteiger partial charge in [0.15, 0.2) is 0 Å². The molecule has 0 saturated carbocycles. The number of anilines is 1. The molecule has 0 spiro atoms. The first-order valence-corrected chi connectivity index (χ1v) is 13.4. The molecule has 1 aliphatic heterocycles. The number of aromatic nitrogens is 4. The lowest BCUT2D eigenvalue weighted by Crippen LogP contribution is -2.51. The lowest BCUT2D eigenvalue weighted by molar-refractivity contribution is -0.158. The molecule has 1 aromatic carbocycles. The average molecular weight is 512 g/mol. The molecule has 1 amide bonds. The highest BCUT2D eigenvalue weighted by Crippen LogP contribution is 2.20. The van der Waals surface area contributed by atoms with E-state index < -0.39 is 16.1 Å². The molecule has 12 heteroatoms. The van der Waals surface area contributed by atoms with E-state index in [-0.39, 0.29) is 25.3 Å². The molecule has 1 saturated heterocycles. The Hall–Kier alpha value is -3.48. The van der Waals surface area contributed by atoms with E-state index in [1.807, 2.05) is 35.2 Å². The minimum absolute atomic E-state index is 0.245. The third kappa shape index (κ3) is 6.59. The van der Waals surface area contributed by atoms with Gasteiger partial charge in [0.1, 0.15) is 11.6 Å². The summed E-state index contributed by atoms with van der Waals surface area (Å²) in [5, 5.41) is 10.4. The lowest BCUT2D eigenvalue weighted by Gasteiger charge is -2.35. The number of carbonyl (C=O) groups excluding carboxylic acids is 1. The summed E-state index contributed by atoms with van der Waals surface area (Å²) in [7, 11) is -3.70. The molecule has 36 heavy (non-hydrogen) atoms. The zero-order valence-corrected chi connectivity index (χ0v) is 20.6. The smallest absolute Gasteiger partial charge is 0.233 e. The molecule has 1 fully saturated rings. The Bertz CT molecular complexity index is 1210. The summed E-state index contributed by atoms with van der Waals surface area (Å²) in [6.45, 7) is 1.49. The number of rotatable bonds is 11. The van der Waals surface area contributed by atoms with Crippen LogP contribution < -0.4 is 4.90 Å². The quantitative estimate of drug-likeness (QED) is 0.232. The van der Waals surface area contributed by atoms with Crippen molar-refractivity contribution in [1.82, 2.24) is 29.3 Å². The van der Waals surface area contributed by atoms with Gasteiger partial charge >= 0.3 is 0 Å². The summed E-state index contributed by atoms with van der Waals surface area (Å²) in [4.78, 5) is 30.5. The first-order chi connectivity index (χ1) is 17.5. The maximum Gasteiger partial charge on any atom is 0.233 e. The Morgan fingerprint density at radius 1 is 0.972 bits per heavy atom. The van der Waals surface area contributed by atoms with Crippen molar-refractivity contribution in [2.75, 3.05) is 36.8 Å². The normalized spacial score (nSPS) is 15.4. The van der Waals surface area contributed by atoms with Gasteiger partial charge in [-0.15, -0.1) is 0 Å². The van der Waals surface area contributed by atoms with E-state index >= 15 is 0 Å². The first-order valence-electron chi connectivity index (χ1n) is 11.7. The van der Waals surface area contributed by atoms with Crippen molar-refractivity contribution in [3.63, 3.8) is 0 Å². The SMILES string of the molecule is O=CN(O)C(CCCc1ncccn1)CS(=O)(=O)N1CCN(c2cnc(-c3ccccc3)cn2)CC1. The number of benzene rings is 1. The molecule has 0 bridgehead atoms. The van der Waals surface area contributed by atoms with Gasteiger partial charge in [0.05, 0.1) is 29.9 Å². The van der Waals surface area contributed by atoms with Crippen LogP contribution in [0.2, 0.25) is 0 Å². The second-order valence-electron chi connectivity index (χ2n) is 8.49. The van der Waals surface area contributed by atoms with Gasteiger partial charge in [0.25, 0.3) is 0 Å². The Labute approximate surface area is 210 Å². The van der Waals surface area contributed by atoms with Crippen molar-refractivity contribution in [3.05, 3.63) is 67.0 Å². The van der Waals surface area contributed by atoms with Gasteiger partial charge in [-0.1, -0.05) is 30.3 Å². The topological polar surface area (TPSA) is 133 Å². The van der Waals surface area contributed by atoms with Crippen LogP contribution in [0.4, 0.5) is 5.82 Å². The van der Waals surface area contributed by atoms with E-state index in [0.29, 0.717) is 49.1 Å². The third-order valence-corrected chi connectivity index (χ3v) is 8.06. The van der Waals surface area contributed by atoms with Crippen molar-refractivity contribution in [2.24, 2.45) is 0 Å². The zero-order chi connectivity index (χ0) is 25.4. The Morgan fingerprint density at radius 3 is 2.33 bits per heavy atom. The standard InChI is InChI=1S/C24H29N7O4S/c32-19-31(33)21(8-4-9-23-25-10-5-11-26-23)18-36(34,35)30-14-12-29(13-15-30)24-17-27-22(16-28-24)20-6-2-1-3-7-20/h1-3,5-7,10-11,16-17,19,21,33H,4,8-9,12-15,18H2. The van der Waals surface area contributed by atoms with Gasteiger partial charge in [0, 0.05) is 50.6 Å². The van der Waals surface area contributed by atoms with Crippen LogP contribution in [-0.2, 0) is 21.2 Å². The predicted octanol–water partition coefficient (Wildman–Crippen LogP) is 1.62. The van der Waals surface area contributed by atoms with E-state index in [0.717, 1.165) is 11.3 Å². The number of piperazine rings is 1. The van der Waals surface area contributed by atoms with Gasteiger partial charge in [-0.05, 0) is 18.9 Å². The van der Waals surface area contributed by atoms with E-state index in [2.05, 4.69) is 19.9 Å². The highest BCUT2D eigenvalue weighted by atomic mass is 32.2. The fourth-order valence-electron chi connectivity index (χ4n) is 4.12. The van der Waals surface area contributed by atoms with Gasteiger partial charge in [-0.3, -0.25) is 15.0 Å². The number of carbonyl (C=O) groups is 1. The zero-order valence-electron chi connectivity index (χ0n) is 19.8. The summed E-state index contributed by atoms with van der Waals surface area (Å²) in [6.07, 6.45) is 8.28. The second-order valence-corrected chi connectivity index (χ2v) is 10.5.